The van der Waals surface area contributed by atoms with Gasteiger partial charge in [0.05, 0.1) is 28.0 Å². The lowest BCUT2D eigenvalue weighted by Gasteiger charge is -2.45. The number of hydrogen-bond acceptors (Lipinski definition) is 3. The molecule has 0 fully saturated rings. The van der Waals surface area contributed by atoms with Crippen LogP contribution in [0.3, 0.4) is 0 Å². The first kappa shape index (κ1) is 32.6. The van der Waals surface area contributed by atoms with Gasteiger partial charge in [0.2, 0.25) is 0 Å². The molecule has 10 aromatic rings. The van der Waals surface area contributed by atoms with Gasteiger partial charge in [-0.25, -0.2) is 9.97 Å². The van der Waals surface area contributed by atoms with Gasteiger partial charge in [0, 0.05) is 22.2 Å². The number of aromatic nitrogens is 2. The van der Waals surface area contributed by atoms with Crippen LogP contribution in [0.2, 0.25) is 0 Å². The Morgan fingerprint density at radius 3 is 1.72 bits per heavy atom. The summed E-state index contributed by atoms with van der Waals surface area (Å²) in [5.74, 6) is 0.717. The molecule has 1 aromatic heterocycles. The number of hydrogen-bond donors (Lipinski definition) is 0. The van der Waals surface area contributed by atoms with Crippen molar-refractivity contribution in [2.24, 2.45) is 0 Å². The third-order valence-electron chi connectivity index (χ3n) is 12.2. The van der Waals surface area contributed by atoms with E-state index in [9.17, 15) is 0 Å². The lowest BCUT2D eigenvalue weighted by atomic mass is 9.64. The molecule has 0 unspecified atom stereocenters. The number of para-hydroxylation sites is 4. The molecular weight excluding hydrogens is 703 g/mol. The maximum Gasteiger partial charge on any atom is 0.160 e. The van der Waals surface area contributed by atoms with Crippen molar-refractivity contribution in [3.63, 3.8) is 0 Å². The highest BCUT2D eigenvalue weighted by molar-refractivity contribution is 6.01. The molecule has 0 N–H and O–H groups in total. The summed E-state index contributed by atoms with van der Waals surface area (Å²) >= 11 is 0. The van der Waals surface area contributed by atoms with Crippen molar-refractivity contribution < 1.29 is 0 Å². The van der Waals surface area contributed by atoms with Gasteiger partial charge in [0.1, 0.15) is 0 Å². The second-order valence-electron chi connectivity index (χ2n) is 15.3. The van der Waals surface area contributed by atoms with Gasteiger partial charge in [-0.05, 0) is 110 Å². The fourth-order valence-electron chi connectivity index (χ4n) is 9.73. The van der Waals surface area contributed by atoms with E-state index in [2.05, 4.69) is 205 Å². The normalized spacial score (nSPS) is 13.3. The van der Waals surface area contributed by atoms with Crippen molar-refractivity contribution in [3.8, 4) is 44.9 Å². The molecule has 12 rings (SSSR count). The summed E-state index contributed by atoms with van der Waals surface area (Å²) in [5, 5.41) is 3.53. The van der Waals surface area contributed by atoms with Gasteiger partial charge < -0.3 is 4.90 Å². The molecule has 1 aliphatic carbocycles. The van der Waals surface area contributed by atoms with E-state index in [-0.39, 0.29) is 0 Å². The first-order chi connectivity index (χ1) is 28.8. The quantitative estimate of drug-likeness (QED) is 0.180. The van der Waals surface area contributed by atoms with Crippen LogP contribution in [0.4, 0.5) is 17.1 Å². The average molecular weight is 738 g/mol. The topological polar surface area (TPSA) is 29.0 Å². The SMILES string of the molecule is c1ccc(-c2nc(-c3cccc(-c4ccc5c(c4)-c4cc6ccccc6cc4C54c5ccccc5N(c5ccccc5)c5ccccc54)c3)nc3ccccc23)cc1. The molecule has 9 aromatic carbocycles. The smallest absolute Gasteiger partial charge is 0.160 e. The molecule has 0 atom stereocenters. The second-order valence-corrected chi connectivity index (χ2v) is 15.3. The Labute approximate surface area is 337 Å². The zero-order valence-corrected chi connectivity index (χ0v) is 31.5. The fraction of sp³-hybridized carbons (Fsp3) is 0.0182. The molecule has 2 aliphatic rings. The van der Waals surface area contributed by atoms with E-state index in [4.69, 9.17) is 9.97 Å². The highest BCUT2D eigenvalue weighted by Gasteiger charge is 2.51. The summed E-state index contributed by atoms with van der Waals surface area (Å²) in [7, 11) is 0. The molecule has 2 heterocycles. The van der Waals surface area contributed by atoms with E-state index >= 15 is 0 Å². The van der Waals surface area contributed by atoms with Crippen LogP contribution in [0.25, 0.3) is 66.6 Å². The molecule has 1 spiro atoms. The summed E-state index contributed by atoms with van der Waals surface area (Å²) in [6, 6.07) is 77.0. The summed E-state index contributed by atoms with van der Waals surface area (Å²) in [4.78, 5) is 12.7. The molecule has 0 radical (unpaired) electrons. The first-order valence-electron chi connectivity index (χ1n) is 19.9. The van der Waals surface area contributed by atoms with Crippen LogP contribution in [-0.4, -0.2) is 9.97 Å². The minimum absolute atomic E-state index is 0.527. The lowest BCUT2D eigenvalue weighted by molar-refractivity contribution is 0.753. The molecule has 270 valence electrons. The predicted octanol–water partition coefficient (Wildman–Crippen LogP) is 13.9. The third kappa shape index (κ3) is 4.74. The number of anilines is 3. The first-order valence-corrected chi connectivity index (χ1v) is 19.9. The summed E-state index contributed by atoms with van der Waals surface area (Å²) in [6.45, 7) is 0. The molecule has 1 aliphatic heterocycles. The van der Waals surface area contributed by atoms with Crippen molar-refractivity contribution in [1.29, 1.82) is 0 Å². The van der Waals surface area contributed by atoms with E-state index in [1.165, 1.54) is 55.5 Å². The van der Waals surface area contributed by atoms with E-state index in [1.54, 1.807) is 0 Å². The Morgan fingerprint density at radius 1 is 0.362 bits per heavy atom. The van der Waals surface area contributed by atoms with E-state index < -0.39 is 5.41 Å². The van der Waals surface area contributed by atoms with Crippen molar-refractivity contribution in [2.45, 2.75) is 5.41 Å². The van der Waals surface area contributed by atoms with Gasteiger partial charge in [0.15, 0.2) is 5.82 Å². The standard InChI is InChI=1S/C55H35N3/c1-3-16-36(17-4-1)53-43-24-9-12-27-50(43)56-54(57-53)41-21-15-20-37(32-41)40-30-31-46-44(34-40)45-33-38-18-7-8-19-39(38)35-49(45)55(46)47-25-10-13-28-51(47)58(42-22-5-2-6-23-42)52-29-14-11-26-48(52)55/h1-35H. The van der Waals surface area contributed by atoms with Crippen LogP contribution in [0.15, 0.2) is 212 Å². The molecule has 3 nitrogen and oxygen atoms in total. The van der Waals surface area contributed by atoms with Crippen LogP contribution >= 0.6 is 0 Å². The number of rotatable bonds is 4. The molecule has 0 saturated heterocycles. The van der Waals surface area contributed by atoms with Gasteiger partial charge in [-0.1, -0.05) is 158 Å². The summed E-state index contributed by atoms with van der Waals surface area (Å²) in [5.41, 5.74) is 17.0. The third-order valence-corrected chi connectivity index (χ3v) is 12.2. The van der Waals surface area contributed by atoms with E-state index in [1.807, 2.05) is 12.1 Å². The summed E-state index contributed by atoms with van der Waals surface area (Å²) < 4.78 is 0. The summed E-state index contributed by atoms with van der Waals surface area (Å²) in [6.07, 6.45) is 0. The van der Waals surface area contributed by atoms with Crippen LogP contribution in [0.5, 0.6) is 0 Å². The molecule has 0 saturated carbocycles. The zero-order chi connectivity index (χ0) is 38.2. The minimum atomic E-state index is -0.527. The minimum Gasteiger partial charge on any atom is -0.310 e. The van der Waals surface area contributed by atoms with Gasteiger partial charge in [0.25, 0.3) is 0 Å². The highest BCUT2D eigenvalue weighted by atomic mass is 15.2. The van der Waals surface area contributed by atoms with Gasteiger partial charge in [-0.3, -0.25) is 0 Å². The van der Waals surface area contributed by atoms with E-state index in [0.29, 0.717) is 0 Å². The monoisotopic (exact) mass is 737 g/mol. The van der Waals surface area contributed by atoms with Crippen LogP contribution in [-0.2, 0) is 5.41 Å². The van der Waals surface area contributed by atoms with Crippen molar-refractivity contribution in [3.05, 3.63) is 235 Å². The van der Waals surface area contributed by atoms with Crippen LogP contribution < -0.4 is 4.90 Å². The lowest BCUT2D eigenvalue weighted by Crippen LogP contribution is -2.36. The highest BCUT2D eigenvalue weighted by Crippen LogP contribution is 2.64. The number of benzene rings is 9. The van der Waals surface area contributed by atoms with E-state index in [0.717, 1.165) is 50.4 Å². The largest absolute Gasteiger partial charge is 0.310 e. The Morgan fingerprint density at radius 2 is 0.948 bits per heavy atom. The van der Waals surface area contributed by atoms with Gasteiger partial charge in [-0.2, -0.15) is 0 Å². The molecule has 0 bridgehead atoms. The number of nitrogens with zero attached hydrogens (tertiary/aromatic N) is 3. The van der Waals surface area contributed by atoms with Gasteiger partial charge in [-0.15, -0.1) is 0 Å². The van der Waals surface area contributed by atoms with Crippen LogP contribution in [0.1, 0.15) is 22.3 Å². The van der Waals surface area contributed by atoms with Gasteiger partial charge >= 0.3 is 0 Å². The van der Waals surface area contributed by atoms with Crippen molar-refractivity contribution >= 4 is 38.7 Å². The Hall–Kier alpha value is -7.62. The molecule has 0 amide bonds. The maximum atomic E-state index is 5.21. The van der Waals surface area contributed by atoms with Crippen molar-refractivity contribution in [2.75, 3.05) is 4.90 Å². The maximum absolute atomic E-state index is 5.21. The molecule has 58 heavy (non-hydrogen) atoms. The Kier molecular flexibility index (Phi) is 7.14. The molecule has 3 heteroatoms. The molecular formula is C55H35N3. The Bertz CT molecular complexity index is 3190. The van der Waals surface area contributed by atoms with Crippen LogP contribution in [0, 0.1) is 0 Å². The second kappa shape index (κ2) is 12.7. The average Bonchev–Trinajstić information content (AvgIpc) is 3.57. The zero-order valence-electron chi connectivity index (χ0n) is 31.5. The fourth-order valence-corrected chi connectivity index (χ4v) is 9.73. The predicted molar refractivity (Wildman–Crippen MR) is 239 cm³/mol. The van der Waals surface area contributed by atoms with Crippen molar-refractivity contribution in [1.82, 2.24) is 9.97 Å². The number of fused-ring (bicyclic) bond motifs is 11. The Balaban J connectivity index is 1.08.